The third-order valence-corrected chi connectivity index (χ3v) is 4.80. The van der Waals surface area contributed by atoms with Crippen molar-refractivity contribution in [2.24, 2.45) is 0 Å². The van der Waals surface area contributed by atoms with Crippen molar-refractivity contribution in [3.63, 3.8) is 0 Å². The molecule has 2 aromatic heterocycles. The summed E-state index contributed by atoms with van der Waals surface area (Å²) < 4.78 is 13.3. The van der Waals surface area contributed by atoms with E-state index in [0.29, 0.717) is 5.82 Å². The van der Waals surface area contributed by atoms with Crippen LogP contribution in [0.25, 0.3) is 22.5 Å². The zero-order valence-electron chi connectivity index (χ0n) is 14.2. The second kappa shape index (κ2) is 7.25. The van der Waals surface area contributed by atoms with Gasteiger partial charge in [-0.2, -0.15) is 12.6 Å². The molecule has 0 aliphatic heterocycles. The molecule has 2 aromatic carbocycles. The topological polar surface area (TPSA) is 61.8 Å². The number of hydrogen-bond acceptors (Lipinski definition) is 4. The van der Waals surface area contributed by atoms with Gasteiger partial charge in [0.2, 0.25) is 0 Å². The largest absolute Gasteiger partial charge is 0.508 e. The minimum Gasteiger partial charge on any atom is -0.508 e. The lowest BCUT2D eigenvalue weighted by atomic mass is 10.1. The summed E-state index contributed by atoms with van der Waals surface area (Å²) in [7, 11) is 0. The van der Waals surface area contributed by atoms with Gasteiger partial charge in [0.25, 0.3) is 0 Å². The molecule has 27 heavy (non-hydrogen) atoms. The molecule has 0 amide bonds. The van der Waals surface area contributed by atoms with Crippen LogP contribution in [-0.2, 0) is 0 Å². The molecule has 0 bridgehead atoms. The average molecular weight is 377 g/mol. The molecule has 1 atom stereocenters. The van der Waals surface area contributed by atoms with Gasteiger partial charge in [0.15, 0.2) is 0 Å². The van der Waals surface area contributed by atoms with Gasteiger partial charge in [0.05, 0.1) is 16.6 Å². The molecule has 0 aliphatic rings. The maximum Gasteiger partial charge on any atom is 0.124 e. The summed E-state index contributed by atoms with van der Waals surface area (Å²) in [6.07, 6.45) is 3.40. The first-order valence-electron chi connectivity index (χ1n) is 8.35. The van der Waals surface area contributed by atoms with Crippen LogP contribution in [-0.4, -0.2) is 20.1 Å². The number of rotatable bonds is 4. The first-order valence-corrected chi connectivity index (χ1v) is 8.86. The fraction of sp³-hybridized carbons (Fsp3) is 0.0476. The summed E-state index contributed by atoms with van der Waals surface area (Å²) in [6.45, 7) is 0. The molecule has 0 saturated carbocycles. The number of benzene rings is 2. The zero-order chi connectivity index (χ0) is 18.8. The second-order valence-corrected chi connectivity index (χ2v) is 6.60. The molecule has 4 aromatic rings. The van der Waals surface area contributed by atoms with Crippen molar-refractivity contribution in [3.8, 4) is 28.3 Å². The van der Waals surface area contributed by atoms with E-state index >= 15 is 0 Å². The monoisotopic (exact) mass is 377 g/mol. The van der Waals surface area contributed by atoms with Crippen LogP contribution in [0.1, 0.15) is 16.6 Å². The predicted molar refractivity (Wildman–Crippen MR) is 106 cm³/mol. The number of aromatic amines is 1. The Hall–Kier alpha value is -3.12. The number of nitrogens with zero attached hydrogens (tertiary/aromatic N) is 2. The standard InChI is InChI=1S/C21H16FN3OS/c22-16-6-4-13(5-7-16)18-19(14-8-10-23-11-9-14)25-21(24-18)20(27)15-2-1-3-17(26)12-15/h1-12,20,26-27H,(H,24,25). The summed E-state index contributed by atoms with van der Waals surface area (Å²) in [5.74, 6) is 0.511. The molecule has 0 radical (unpaired) electrons. The molecular weight excluding hydrogens is 361 g/mol. The Kier molecular flexibility index (Phi) is 4.64. The highest BCUT2D eigenvalue weighted by Crippen LogP contribution is 2.35. The van der Waals surface area contributed by atoms with Gasteiger partial charge in [-0.3, -0.25) is 4.98 Å². The van der Waals surface area contributed by atoms with E-state index in [2.05, 4.69) is 22.6 Å². The van der Waals surface area contributed by atoms with Crippen LogP contribution in [0, 0.1) is 5.82 Å². The Morgan fingerprint density at radius 2 is 1.70 bits per heavy atom. The van der Waals surface area contributed by atoms with Crippen LogP contribution in [0.5, 0.6) is 5.75 Å². The van der Waals surface area contributed by atoms with Crippen LogP contribution in [0.2, 0.25) is 0 Å². The molecule has 1 unspecified atom stereocenters. The van der Waals surface area contributed by atoms with Crippen molar-refractivity contribution >= 4 is 12.6 Å². The van der Waals surface area contributed by atoms with Crippen molar-refractivity contribution in [2.45, 2.75) is 5.25 Å². The smallest absolute Gasteiger partial charge is 0.124 e. The fourth-order valence-electron chi connectivity index (χ4n) is 2.92. The third-order valence-electron chi connectivity index (χ3n) is 4.25. The molecule has 4 rings (SSSR count). The van der Waals surface area contributed by atoms with E-state index in [0.717, 1.165) is 28.1 Å². The number of aromatic nitrogens is 3. The quantitative estimate of drug-likeness (QED) is 0.439. The van der Waals surface area contributed by atoms with Gasteiger partial charge >= 0.3 is 0 Å². The Morgan fingerprint density at radius 1 is 0.963 bits per heavy atom. The summed E-state index contributed by atoms with van der Waals surface area (Å²) in [5, 5.41) is 9.39. The Balaban J connectivity index is 1.83. The fourth-order valence-corrected chi connectivity index (χ4v) is 3.20. The number of thiol groups is 1. The minimum atomic E-state index is -0.355. The number of nitrogens with one attached hydrogen (secondary N) is 1. The molecule has 4 nitrogen and oxygen atoms in total. The van der Waals surface area contributed by atoms with Crippen LogP contribution in [0.15, 0.2) is 73.1 Å². The van der Waals surface area contributed by atoms with Gasteiger partial charge in [-0.15, -0.1) is 0 Å². The molecule has 2 N–H and O–H groups in total. The number of halogens is 1. The van der Waals surface area contributed by atoms with E-state index in [4.69, 9.17) is 4.98 Å². The van der Waals surface area contributed by atoms with Gasteiger partial charge in [-0.1, -0.05) is 12.1 Å². The maximum absolute atomic E-state index is 13.3. The lowest BCUT2D eigenvalue weighted by Crippen LogP contribution is -1.96. The average Bonchev–Trinajstić information content (AvgIpc) is 3.14. The summed E-state index contributed by atoms with van der Waals surface area (Å²) in [6, 6.07) is 16.9. The van der Waals surface area contributed by atoms with Crippen LogP contribution < -0.4 is 0 Å². The molecule has 0 spiro atoms. The zero-order valence-corrected chi connectivity index (χ0v) is 15.1. The van der Waals surface area contributed by atoms with Gasteiger partial charge in [0, 0.05) is 23.5 Å². The SMILES string of the molecule is Oc1cccc(C(S)c2nc(-c3ccncc3)c(-c3ccc(F)cc3)[nH]2)c1. The minimum absolute atomic E-state index is 0.172. The van der Waals surface area contributed by atoms with Crippen LogP contribution in [0.4, 0.5) is 4.39 Å². The number of pyridine rings is 1. The van der Waals surface area contributed by atoms with Crippen molar-refractivity contribution in [2.75, 3.05) is 0 Å². The van der Waals surface area contributed by atoms with Gasteiger partial charge < -0.3 is 10.1 Å². The lowest BCUT2D eigenvalue weighted by Gasteiger charge is -2.08. The highest BCUT2D eigenvalue weighted by molar-refractivity contribution is 7.80. The molecule has 6 heteroatoms. The second-order valence-electron chi connectivity index (χ2n) is 6.09. The molecule has 0 saturated heterocycles. The van der Waals surface area contributed by atoms with Crippen LogP contribution in [0.3, 0.4) is 0 Å². The number of phenolic OH excluding ortho intramolecular Hbond substituents is 1. The highest BCUT2D eigenvalue weighted by atomic mass is 32.1. The molecule has 0 aliphatic carbocycles. The number of phenols is 1. The molecule has 2 heterocycles. The number of aromatic hydroxyl groups is 1. The van der Waals surface area contributed by atoms with Crippen LogP contribution >= 0.6 is 12.6 Å². The summed E-state index contributed by atoms with van der Waals surface area (Å²) >= 11 is 4.68. The molecule has 0 fully saturated rings. The van der Waals surface area contributed by atoms with Gasteiger partial charge in [-0.05, 0) is 54.1 Å². The molecule has 134 valence electrons. The van der Waals surface area contributed by atoms with Crippen molar-refractivity contribution in [1.82, 2.24) is 15.0 Å². The number of H-pyrrole nitrogens is 1. The first-order chi connectivity index (χ1) is 13.1. The van der Waals surface area contributed by atoms with E-state index in [-0.39, 0.29) is 16.8 Å². The van der Waals surface area contributed by atoms with Gasteiger partial charge in [-0.25, -0.2) is 9.37 Å². The summed E-state index contributed by atoms with van der Waals surface area (Å²) in [5.41, 5.74) is 4.04. The maximum atomic E-state index is 13.3. The number of hydrogen-bond donors (Lipinski definition) is 3. The first kappa shape index (κ1) is 17.3. The van der Waals surface area contributed by atoms with Crippen molar-refractivity contribution in [1.29, 1.82) is 0 Å². The van der Waals surface area contributed by atoms with Crippen molar-refractivity contribution in [3.05, 3.63) is 90.3 Å². The van der Waals surface area contributed by atoms with E-state index < -0.39 is 0 Å². The van der Waals surface area contributed by atoms with E-state index in [1.54, 1.807) is 42.7 Å². The number of imidazole rings is 1. The van der Waals surface area contributed by atoms with E-state index in [1.807, 2.05) is 18.2 Å². The Bertz CT molecular complexity index is 1060. The third kappa shape index (κ3) is 3.57. The van der Waals surface area contributed by atoms with E-state index in [1.165, 1.54) is 12.1 Å². The lowest BCUT2D eigenvalue weighted by molar-refractivity contribution is 0.474. The van der Waals surface area contributed by atoms with Crippen molar-refractivity contribution < 1.29 is 9.50 Å². The normalized spacial score (nSPS) is 12.1. The summed E-state index contributed by atoms with van der Waals surface area (Å²) in [4.78, 5) is 12.1. The Morgan fingerprint density at radius 3 is 2.41 bits per heavy atom. The Labute approximate surface area is 161 Å². The van der Waals surface area contributed by atoms with Gasteiger partial charge in [0.1, 0.15) is 17.4 Å². The highest BCUT2D eigenvalue weighted by Gasteiger charge is 2.19. The predicted octanol–water partition coefficient (Wildman–Crippen LogP) is 5.00. The molecular formula is C21H16FN3OS. The van der Waals surface area contributed by atoms with E-state index in [9.17, 15) is 9.50 Å².